The van der Waals surface area contributed by atoms with Gasteiger partial charge in [0.05, 0.1) is 5.69 Å². The molecule has 1 aromatic carbocycles. The molecule has 2 N–H and O–H groups in total. The molecule has 0 fully saturated rings. The summed E-state index contributed by atoms with van der Waals surface area (Å²) in [4.78, 5) is 4.66. The van der Waals surface area contributed by atoms with Crippen molar-refractivity contribution in [2.45, 2.75) is 40.2 Å². The molecule has 7 heteroatoms. The van der Waals surface area contributed by atoms with E-state index in [-0.39, 0.29) is 24.0 Å². The molecule has 3 rings (SSSR count). The molecule has 28 heavy (non-hydrogen) atoms. The second-order valence-corrected chi connectivity index (χ2v) is 6.69. The van der Waals surface area contributed by atoms with Crippen LogP contribution in [0.1, 0.15) is 30.5 Å². The minimum absolute atomic E-state index is 0. The zero-order chi connectivity index (χ0) is 19.1. The number of aryl methyl sites for hydroxylation is 3. The van der Waals surface area contributed by atoms with Crippen molar-refractivity contribution in [1.82, 2.24) is 20.4 Å². The predicted molar refractivity (Wildman–Crippen MR) is 126 cm³/mol. The van der Waals surface area contributed by atoms with Gasteiger partial charge in [0.15, 0.2) is 5.96 Å². The molecule has 0 spiro atoms. The van der Waals surface area contributed by atoms with E-state index >= 15 is 0 Å². The maximum atomic E-state index is 5.86. The molecule has 0 saturated carbocycles. The molecule has 0 amide bonds. The van der Waals surface area contributed by atoms with Crippen LogP contribution in [0.4, 0.5) is 0 Å². The molecule has 0 aliphatic carbocycles. The molecule has 2 heterocycles. The minimum Gasteiger partial charge on any atom is -0.461 e. The second kappa shape index (κ2) is 11.1. The molecule has 0 radical (unpaired) electrons. The van der Waals surface area contributed by atoms with Crippen LogP contribution in [-0.4, -0.2) is 35.4 Å². The monoisotopic (exact) mass is 495 g/mol. The van der Waals surface area contributed by atoms with E-state index in [1.807, 2.05) is 29.8 Å². The Morgan fingerprint density at radius 3 is 2.71 bits per heavy atom. The number of hydrogen-bond donors (Lipinski definition) is 2. The number of para-hydroxylation sites is 1. The lowest BCUT2D eigenvalue weighted by molar-refractivity contribution is 0.544. The van der Waals surface area contributed by atoms with Crippen molar-refractivity contribution in [2.24, 2.45) is 4.99 Å². The number of rotatable bonds is 8. The van der Waals surface area contributed by atoms with Gasteiger partial charge in [0.1, 0.15) is 11.3 Å². The van der Waals surface area contributed by atoms with E-state index in [1.54, 1.807) is 0 Å². The number of fused-ring (bicyclic) bond motifs is 1. The Bertz CT molecular complexity index is 866. The summed E-state index contributed by atoms with van der Waals surface area (Å²) in [6.07, 6.45) is 1.78. The van der Waals surface area contributed by atoms with Crippen LogP contribution in [-0.2, 0) is 13.0 Å². The zero-order valence-corrected chi connectivity index (χ0v) is 19.2. The molecule has 6 nitrogen and oxygen atoms in total. The Labute approximate surface area is 183 Å². The van der Waals surface area contributed by atoms with Gasteiger partial charge in [-0.3, -0.25) is 9.67 Å². The summed E-state index contributed by atoms with van der Waals surface area (Å²) in [6.45, 7) is 9.47. The van der Waals surface area contributed by atoms with Crippen LogP contribution < -0.4 is 10.6 Å². The fourth-order valence-corrected chi connectivity index (χ4v) is 3.12. The van der Waals surface area contributed by atoms with Crippen LogP contribution in [0.2, 0.25) is 0 Å². The van der Waals surface area contributed by atoms with Crippen LogP contribution in [0.15, 0.2) is 45.8 Å². The van der Waals surface area contributed by atoms with Crippen molar-refractivity contribution in [2.75, 3.05) is 19.6 Å². The predicted octanol–water partition coefficient (Wildman–Crippen LogP) is 4.05. The van der Waals surface area contributed by atoms with Crippen LogP contribution in [0, 0.1) is 13.8 Å². The smallest absolute Gasteiger partial charge is 0.191 e. The number of aromatic nitrogens is 2. The highest BCUT2D eigenvalue weighted by atomic mass is 127. The summed E-state index contributed by atoms with van der Waals surface area (Å²) in [5, 5.41) is 12.3. The first-order valence-corrected chi connectivity index (χ1v) is 9.66. The van der Waals surface area contributed by atoms with Crippen LogP contribution in [0.5, 0.6) is 0 Å². The SMILES string of the molecule is CCNC(=NCCCn1nc(C)cc1C)NCCc1cc2ccccc2o1.I. The van der Waals surface area contributed by atoms with Gasteiger partial charge in [-0.25, -0.2) is 0 Å². The van der Waals surface area contributed by atoms with E-state index in [0.29, 0.717) is 0 Å². The van der Waals surface area contributed by atoms with E-state index < -0.39 is 0 Å². The van der Waals surface area contributed by atoms with Gasteiger partial charge in [-0.1, -0.05) is 18.2 Å². The maximum Gasteiger partial charge on any atom is 0.191 e. The number of benzene rings is 1. The van der Waals surface area contributed by atoms with E-state index in [9.17, 15) is 0 Å². The topological polar surface area (TPSA) is 67.4 Å². The van der Waals surface area contributed by atoms with Crippen molar-refractivity contribution in [3.8, 4) is 0 Å². The summed E-state index contributed by atoms with van der Waals surface area (Å²) in [5.74, 6) is 1.84. The lowest BCUT2D eigenvalue weighted by Crippen LogP contribution is -2.38. The molecule has 0 aliphatic heterocycles. The Morgan fingerprint density at radius 1 is 1.18 bits per heavy atom. The number of aliphatic imine (C=N–C) groups is 1. The quantitative estimate of drug-likeness (QED) is 0.214. The first-order valence-electron chi connectivity index (χ1n) is 9.66. The van der Waals surface area contributed by atoms with Crippen molar-refractivity contribution >= 4 is 40.9 Å². The zero-order valence-electron chi connectivity index (χ0n) is 16.9. The molecule has 0 unspecified atom stereocenters. The third kappa shape index (κ3) is 6.25. The molecule has 0 atom stereocenters. The maximum absolute atomic E-state index is 5.86. The molecular formula is C21H30IN5O. The van der Waals surface area contributed by atoms with Gasteiger partial charge in [-0.2, -0.15) is 5.10 Å². The molecular weight excluding hydrogens is 465 g/mol. The third-order valence-electron chi connectivity index (χ3n) is 4.39. The number of furan rings is 1. The number of guanidine groups is 1. The first kappa shape index (κ1) is 22.3. The Morgan fingerprint density at radius 2 is 2.00 bits per heavy atom. The minimum atomic E-state index is 0. The van der Waals surface area contributed by atoms with Gasteiger partial charge in [0.25, 0.3) is 0 Å². The number of hydrogen-bond acceptors (Lipinski definition) is 3. The molecule has 2 aromatic heterocycles. The molecule has 0 bridgehead atoms. The average Bonchev–Trinajstić information content (AvgIpc) is 3.20. The first-order chi connectivity index (χ1) is 13.2. The van der Waals surface area contributed by atoms with Crippen molar-refractivity contribution in [1.29, 1.82) is 0 Å². The van der Waals surface area contributed by atoms with E-state index in [2.05, 4.69) is 52.8 Å². The fourth-order valence-electron chi connectivity index (χ4n) is 3.12. The standard InChI is InChI=1S/C21H29N5O.HI/c1-4-22-21(23-11-7-13-26-17(3)14-16(2)25-26)24-12-10-19-15-18-8-5-6-9-20(18)27-19;/h5-6,8-9,14-15H,4,7,10-13H2,1-3H3,(H2,22,23,24);1H. The van der Waals surface area contributed by atoms with Gasteiger partial charge in [0.2, 0.25) is 0 Å². The van der Waals surface area contributed by atoms with Gasteiger partial charge >= 0.3 is 0 Å². The van der Waals surface area contributed by atoms with Crippen molar-refractivity contribution in [3.63, 3.8) is 0 Å². The average molecular weight is 495 g/mol. The largest absolute Gasteiger partial charge is 0.461 e. The lowest BCUT2D eigenvalue weighted by Gasteiger charge is -2.10. The normalized spacial score (nSPS) is 11.5. The summed E-state index contributed by atoms with van der Waals surface area (Å²) < 4.78 is 7.91. The Kier molecular flexibility index (Phi) is 8.82. The molecule has 3 aromatic rings. The fraction of sp³-hybridized carbons (Fsp3) is 0.429. The van der Waals surface area contributed by atoms with Gasteiger partial charge in [0, 0.05) is 43.7 Å². The van der Waals surface area contributed by atoms with E-state index in [4.69, 9.17) is 4.42 Å². The van der Waals surface area contributed by atoms with Gasteiger partial charge < -0.3 is 15.1 Å². The lowest BCUT2D eigenvalue weighted by atomic mass is 10.2. The van der Waals surface area contributed by atoms with Gasteiger partial charge in [-0.15, -0.1) is 24.0 Å². The molecule has 0 saturated heterocycles. The number of nitrogens with one attached hydrogen (secondary N) is 2. The van der Waals surface area contributed by atoms with Crippen LogP contribution in [0.3, 0.4) is 0 Å². The van der Waals surface area contributed by atoms with E-state index in [1.165, 1.54) is 5.69 Å². The van der Waals surface area contributed by atoms with Crippen LogP contribution in [0.25, 0.3) is 11.0 Å². The third-order valence-corrected chi connectivity index (χ3v) is 4.39. The van der Waals surface area contributed by atoms with Crippen molar-refractivity contribution < 1.29 is 4.42 Å². The summed E-state index contributed by atoms with van der Waals surface area (Å²) in [5.41, 5.74) is 3.21. The van der Waals surface area contributed by atoms with Gasteiger partial charge in [-0.05, 0) is 45.4 Å². The summed E-state index contributed by atoms with van der Waals surface area (Å²) in [6, 6.07) is 12.3. The highest BCUT2D eigenvalue weighted by Crippen LogP contribution is 2.18. The number of halogens is 1. The second-order valence-electron chi connectivity index (χ2n) is 6.69. The Hall–Kier alpha value is -2.03. The Balaban J connectivity index is 0.00000280. The van der Waals surface area contributed by atoms with Crippen LogP contribution >= 0.6 is 24.0 Å². The highest BCUT2D eigenvalue weighted by molar-refractivity contribution is 14.0. The number of nitrogens with zero attached hydrogens (tertiary/aromatic N) is 3. The van der Waals surface area contributed by atoms with E-state index in [0.717, 1.165) is 67.4 Å². The van der Waals surface area contributed by atoms with Crippen molar-refractivity contribution in [3.05, 3.63) is 53.5 Å². The summed E-state index contributed by atoms with van der Waals surface area (Å²) in [7, 11) is 0. The highest BCUT2D eigenvalue weighted by Gasteiger charge is 2.04. The summed E-state index contributed by atoms with van der Waals surface area (Å²) >= 11 is 0. The molecule has 0 aliphatic rings. The molecule has 152 valence electrons.